The van der Waals surface area contributed by atoms with Gasteiger partial charge in [-0.3, -0.25) is 4.98 Å². The summed E-state index contributed by atoms with van der Waals surface area (Å²) < 4.78 is 0. The van der Waals surface area contributed by atoms with E-state index in [0.29, 0.717) is 5.92 Å². The van der Waals surface area contributed by atoms with Crippen molar-refractivity contribution in [2.75, 3.05) is 0 Å². The first kappa shape index (κ1) is 13.6. The lowest BCUT2D eigenvalue weighted by Crippen LogP contribution is -2.21. The van der Waals surface area contributed by atoms with Gasteiger partial charge in [-0.1, -0.05) is 44.4 Å². The highest BCUT2D eigenvalue weighted by Crippen LogP contribution is 2.38. The van der Waals surface area contributed by atoms with Crippen LogP contribution in [-0.2, 0) is 0 Å². The zero-order valence-corrected chi connectivity index (χ0v) is 12.1. The molecule has 1 aliphatic carbocycles. The molecular formula is C18H23NO. The quantitative estimate of drug-likeness (QED) is 0.891. The molecule has 20 heavy (non-hydrogen) atoms. The zero-order chi connectivity index (χ0) is 13.9. The van der Waals surface area contributed by atoms with Gasteiger partial charge in [0.15, 0.2) is 0 Å². The molecule has 2 heteroatoms. The van der Waals surface area contributed by atoms with E-state index in [2.05, 4.69) is 36.2 Å². The number of fused-ring (bicyclic) bond motifs is 1. The van der Waals surface area contributed by atoms with Gasteiger partial charge in [0, 0.05) is 11.6 Å². The van der Waals surface area contributed by atoms with E-state index in [1.54, 1.807) is 0 Å². The highest BCUT2D eigenvalue weighted by atomic mass is 16.3. The fourth-order valence-electron chi connectivity index (χ4n) is 3.53. The van der Waals surface area contributed by atoms with Crippen LogP contribution >= 0.6 is 0 Å². The summed E-state index contributed by atoms with van der Waals surface area (Å²) in [4.78, 5) is 4.39. The molecule has 1 aromatic heterocycles. The third kappa shape index (κ3) is 2.71. The number of benzene rings is 1. The van der Waals surface area contributed by atoms with Crippen molar-refractivity contribution in [3.63, 3.8) is 0 Å². The Kier molecular flexibility index (Phi) is 4.02. The van der Waals surface area contributed by atoms with Crippen molar-refractivity contribution in [3.8, 4) is 0 Å². The normalized spacial score (nSPS) is 24.7. The van der Waals surface area contributed by atoms with E-state index in [9.17, 15) is 5.11 Å². The lowest BCUT2D eigenvalue weighted by molar-refractivity contribution is 0.0679. The number of aliphatic hydroxyl groups is 1. The molecule has 1 heterocycles. The Labute approximate surface area is 120 Å². The minimum absolute atomic E-state index is 0.337. The Morgan fingerprint density at radius 2 is 2.20 bits per heavy atom. The predicted octanol–water partition coefficient (Wildman–Crippen LogP) is 4.48. The molecule has 0 aliphatic heterocycles. The molecule has 3 rings (SSSR count). The minimum atomic E-state index is -0.337. The summed E-state index contributed by atoms with van der Waals surface area (Å²) in [6, 6.07) is 10.2. The Balaban J connectivity index is 1.82. The van der Waals surface area contributed by atoms with E-state index >= 15 is 0 Å². The smallest absolute Gasteiger partial charge is 0.0819 e. The molecule has 0 amide bonds. The van der Waals surface area contributed by atoms with Gasteiger partial charge in [-0.05, 0) is 42.4 Å². The maximum Gasteiger partial charge on any atom is 0.0819 e. The molecule has 1 N–H and O–H groups in total. The van der Waals surface area contributed by atoms with E-state index in [1.807, 2.05) is 12.3 Å². The molecule has 0 spiro atoms. The van der Waals surface area contributed by atoms with Gasteiger partial charge < -0.3 is 5.11 Å². The average Bonchev–Trinajstić information content (AvgIpc) is 2.53. The van der Waals surface area contributed by atoms with Crippen molar-refractivity contribution >= 4 is 10.9 Å². The van der Waals surface area contributed by atoms with Crippen molar-refractivity contribution in [2.24, 2.45) is 11.8 Å². The lowest BCUT2D eigenvalue weighted by atomic mass is 9.76. The lowest BCUT2D eigenvalue weighted by Gasteiger charge is -2.32. The van der Waals surface area contributed by atoms with Gasteiger partial charge in [-0.15, -0.1) is 0 Å². The maximum atomic E-state index is 10.7. The molecular weight excluding hydrogens is 246 g/mol. The largest absolute Gasteiger partial charge is 0.388 e. The van der Waals surface area contributed by atoms with Crippen LogP contribution in [0.25, 0.3) is 10.9 Å². The summed E-state index contributed by atoms with van der Waals surface area (Å²) >= 11 is 0. The van der Waals surface area contributed by atoms with Crippen LogP contribution in [0.2, 0.25) is 0 Å². The minimum Gasteiger partial charge on any atom is -0.388 e. The molecule has 1 aliphatic rings. The van der Waals surface area contributed by atoms with Crippen LogP contribution in [0.1, 0.15) is 50.7 Å². The molecule has 1 fully saturated rings. The summed E-state index contributed by atoms with van der Waals surface area (Å²) in [6.07, 6.45) is 7.62. The van der Waals surface area contributed by atoms with E-state index in [1.165, 1.54) is 19.3 Å². The second-order valence-corrected chi connectivity index (χ2v) is 6.10. The monoisotopic (exact) mass is 269 g/mol. The fourth-order valence-corrected chi connectivity index (χ4v) is 3.53. The Morgan fingerprint density at radius 3 is 3.05 bits per heavy atom. The van der Waals surface area contributed by atoms with Crippen LogP contribution < -0.4 is 0 Å². The summed E-state index contributed by atoms with van der Waals surface area (Å²) in [5.41, 5.74) is 2.00. The molecule has 0 saturated heterocycles. The summed E-state index contributed by atoms with van der Waals surface area (Å²) in [5, 5.41) is 11.8. The van der Waals surface area contributed by atoms with Crippen molar-refractivity contribution in [1.82, 2.24) is 4.98 Å². The SMILES string of the molecule is CCC1CCCC(C(O)c2ccc3cccnc3c2)C1. The first-order valence-corrected chi connectivity index (χ1v) is 7.80. The number of hydrogen-bond donors (Lipinski definition) is 1. The first-order chi connectivity index (χ1) is 9.78. The first-order valence-electron chi connectivity index (χ1n) is 7.80. The average molecular weight is 269 g/mol. The van der Waals surface area contributed by atoms with Crippen LogP contribution in [0, 0.1) is 11.8 Å². The highest BCUT2D eigenvalue weighted by molar-refractivity contribution is 5.78. The highest BCUT2D eigenvalue weighted by Gasteiger charge is 2.27. The predicted molar refractivity (Wildman–Crippen MR) is 82.4 cm³/mol. The molecule has 3 unspecified atom stereocenters. The van der Waals surface area contributed by atoms with Crippen LogP contribution in [-0.4, -0.2) is 10.1 Å². The Morgan fingerprint density at radius 1 is 1.30 bits per heavy atom. The summed E-state index contributed by atoms with van der Waals surface area (Å²) in [6.45, 7) is 2.26. The van der Waals surface area contributed by atoms with Gasteiger partial charge in [-0.25, -0.2) is 0 Å². The number of aliphatic hydroxyl groups excluding tert-OH is 1. The molecule has 0 bridgehead atoms. The molecule has 106 valence electrons. The van der Waals surface area contributed by atoms with E-state index in [0.717, 1.165) is 35.2 Å². The standard InChI is InChI=1S/C18H23NO/c1-2-13-5-3-6-15(11-13)18(20)16-9-8-14-7-4-10-19-17(14)12-16/h4,7-10,12-13,15,18,20H,2-3,5-6,11H2,1H3. The molecule has 0 radical (unpaired) electrons. The Bertz CT molecular complexity index is 580. The zero-order valence-electron chi connectivity index (χ0n) is 12.1. The van der Waals surface area contributed by atoms with Crippen molar-refractivity contribution in [2.45, 2.75) is 45.1 Å². The summed E-state index contributed by atoms with van der Waals surface area (Å²) in [5.74, 6) is 1.21. The third-order valence-electron chi connectivity index (χ3n) is 4.82. The molecule has 3 atom stereocenters. The van der Waals surface area contributed by atoms with Crippen molar-refractivity contribution in [1.29, 1.82) is 0 Å². The van der Waals surface area contributed by atoms with Crippen LogP contribution in [0.5, 0.6) is 0 Å². The van der Waals surface area contributed by atoms with Gasteiger partial charge in [0.05, 0.1) is 11.6 Å². The van der Waals surface area contributed by atoms with Gasteiger partial charge in [0.1, 0.15) is 0 Å². The van der Waals surface area contributed by atoms with E-state index < -0.39 is 0 Å². The maximum absolute atomic E-state index is 10.7. The number of nitrogens with zero attached hydrogens (tertiary/aromatic N) is 1. The topological polar surface area (TPSA) is 33.1 Å². The second kappa shape index (κ2) is 5.92. The van der Waals surface area contributed by atoms with Gasteiger partial charge in [-0.2, -0.15) is 0 Å². The Hall–Kier alpha value is -1.41. The van der Waals surface area contributed by atoms with Gasteiger partial charge >= 0.3 is 0 Å². The fraction of sp³-hybridized carbons (Fsp3) is 0.500. The molecule has 1 aromatic carbocycles. The van der Waals surface area contributed by atoms with Gasteiger partial charge in [0.2, 0.25) is 0 Å². The summed E-state index contributed by atoms with van der Waals surface area (Å²) in [7, 11) is 0. The number of rotatable bonds is 3. The number of pyridine rings is 1. The van der Waals surface area contributed by atoms with Gasteiger partial charge in [0.25, 0.3) is 0 Å². The number of aromatic nitrogens is 1. The molecule has 2 aromatic rings. The van der Waals surface area contributed by atoms with Crippen LogP contribution in [0.3, 0.4) is 0 Å². The van der Waals surface area contributed by atoms with Crippen LogP contribution in [0.4, 0.5) is 0 Å². The molecule has 2 nitrogen and oxygen atoms in total. The second-order valence-electron chi connectivity index (χ2n) is 6.10. The van der Waals surface area contributed by atoms with Crippen molar-refractivity contribution < 1.29 is 5.11 Å². The van der Waals surface area contributed by atoms with Crippen molar-refractivity contribution in [3.05, 3.63) is 42.1 Å². The van der Waals surface area contributed by atoms with E-state index in [-0.39, 0.29) is 6.10 Å². The van der Waals surface area contributed by atoms with Crippen LogP contribution in [0.15, 0.2) is 36.5 Å². The molecule has 1 saturated carbocycles. The number of hydrogen-bond acceptors (Lipinski definition) is 2. The van der Waals surface area contributed by atoms with E-state index in [4.69, 9.17) is 0 Å². The third-order valence-corrected chi connectivity index (χ3v) is 4.82.